The first-order valence-corrected chi connectivity index (χ1v) is 4.24. The van der Waals surface area contributed by atoms with E-state index in [0.717, 1.165) is 19.0 Å². The Morgan fingerprint density at radius 1 is 1.40 bits per heavy atom. The first kappa shape index (κ1) is 10.0. The highest BCUT2D eigenvalue weighted by Crippen LogP contribution is 1.91. The van der Waals surface area contributed by atoms with Gasteiger partial charge < -0.3 is 4.74 Å². The van der Waals surface area contributed by atoms with Crippen molar-refractivity contribution >= 4 is 12.6 Å². The second-order valence-corrected chi connectivity index (χ2v) is 2.95. The van der Waals surface area contributed by atoms with Gasteiger partial charge in [0.2, 0.25) is 0 Å². The zero-order valence-corrected chi connectivity index (χ0v) is 7.60. The van der Waals surface area contributed by atoms with Crippen LogP contribution >= 0.6 is 12.6 Å². The minimum absolute atomic E-state index is 0.629. The molecule has 1 nitrogen and oxygen atoms in total. The highest BCUT2D eigenvalue weighted by molar-refractivity contribution is 7.80. The predicted octanol–water partition coefficient (Wildman–Crippen LogP) is 2.15. The van der Waals surface area contributed by atoms with Gasteiger partial charge in [0.05, 0.1) is 6.61 Å². The smallest absolute Gasteiger partial charge is 0.0647 e. The van der Waals surface area contributed by atoms with Gasteiger partial charge in [-0.15, -0.1) is 0 Å². The van der Waals surface area contributed by atoms with Crippen LogP contribution in [0.3, 0.4) is 0 Å². The van der Waals surface area contributed by atoms with Crippen LogP contribution in [0.5, 0.6) is 0 Å². The molecule has 60 valence electrons. The van der Waals surface area contributed by atoms with Gasteiger partial charge in [-0.1, -0.05) is 26.0 Å². The summed E-state index contributed by atoms with van der Waals surface area (Å²) >= 11 is 4.02. The normalized spacial score (nSPS) is 11.6. The summed E-state index contributed by atoms with van der Waals surface area (Å²) in [5, 5.41) is 0. The Kier molecular flexibility index (Phi) is 7.20. The van der Waals surface area contributed by atoms with Crippen LogP contribution in [0.1, 0.15) is 13.8 Å². The first-order valence-electron chi connectivity index (χ1n) is 3.61. The SMILES string of the molecule is CC(C)COC/C=C/CS. The first-order chi connectivity index (χ1) is 4.77. The van der Waals surface area contributed by atoms with Gasteiger partial charge >= 0.3 is 0 Å². The van der Waals surface area contributed by atoms with Crippen LogP contribution in [0.25, 0.3) is 0 Å². The average Bonchev–Trinajstić information content (AvgIpc) is 1.87. The van der Waals surface area contributed by atoms with Crippen LogP contribution in [0.2, 0.25) is 0 Å². The fraction of sp³-hybridized carbons (Fsp3) is 0.750. The van der Waals surface area contributed by atoms with Crippen molar-refractivity contribution in [2.75, 3.05) is 19.0 Å². The van der Waals surface area contributed by atoms with Gasteiger partial charge in [-0.05, 0) is 5.92 Å². The lowest BCUT2D eigenvalue weighted by Gasteiger charge is -2.02. The van der Waals surface area contributed by atoms with Gasteiger partial charge in [-0.2, -0.15) is 12.6 Å². The number of hydrogen-bond acceptors (Lipinski definition) is 2. The molecule has 0 rings (SSSR count). The Balaban J connectivity index is 2.97. The van der Waals surface area contributed by atoms with Crippen LogP contribution in [-0.4, -0.2) is 19.0 Å². The molecule has 0 heterocycles. The van der Waals surface area contributed by atoms with E-state index in [-0.39, 0.29) is 0 Å². The van der Waals surface area contributed by atoms with E-state index in [4.69, 9.17) is 4.74 Å². The van der Waals surface area contributed by atoms with Crippen molar-refractivity contribution in [2.24, 2.45) is 5.92 Å². The molecule has 0 bridgehead atoms. The lowest BCUT2D eigenvalue weighted by atomic mass is 10.2. The van der Waals surface area contributed by atoms with Gasteiger partial charge in [-0.3, -0.25) is 0 Å². The minimum atomic E-state index is 0.629. The van der Waals surface area contributed by atoms with E-state index in [2.05, 4.69) is 26.5 Å². The molecule has 0 aliphatic rings. The average molecular weight is 160 g/mol. The molecule has 2 heteroatoms. The minimum Gasteiger partial charge on any atom is -0.377 e. The Morgan fingerprint density at radius 3 is 2.60 bits per heavy atom. The Labute approximate surface area is 68.9 Å². The third kappa shape index (κ3) is 8.05. The molecule has 0 amide bonds. The van der Waals surface area contributed by atoms with E-state index in [1.165, 1.54) is 0 Å². The van der Waals surface area contributed by atoms with E-state index in [1.54, 1.807) is 0 Å². The lowest BCUT2D eigenvalue weighted by Crippen LogP contribution is -2.01. The molecule has 0 aliphatic carbocycles. The number of hydrogen-bond donors (Lipinski definition) is 1. The molecule has 0 atom stereocenters. The number of thiol groups is 1. The van der Waals surface area contributed by atoms with E-state index in [1.807, 2.05) is 12.2 Å². The van der Waals surface area contributed by atoms with Gasteiger partial charge in [-0.25, -0.2) is 0 Å². The molecule has 0 aromatic carbocycles. The Hall–Kier alpha value is 0.0500. The van der Waals surface area contributed by atoms with Crippen molar-refractivity contribution in [1.29, 1.82) is 0 Å². The van der Waals surface area contributed by atoms with Crippen molar-refractivity contribution in [2.45, 2.75) is 13.8 Å². The maximum atomic E-state index is 5.28. The molecule has 0 saturated heterocycles. The lowest BCUT2D eigenvalue weighted by molar-refractivity contribution is 0.135. The zero-order chi connectivity index (χ0) is 7.82. The van der Waals surface area contributed by atoms with E-state index >= 15 is 0 Å². The summed E-state index contributed by atoms with van der Waals surface area (Å²) in [5.74, 6) is 1.43. The van der Waals surface area contributed by atoms with Crippen LogP contribution in [0.15, 0.2) is 12.2 Å². The van der Waals surface area contributed by atoms with Gasteiger partial charge in [0.1, 0.15) is 0 Å². The summed E-state index contributed by atoms with van der Waals surface area (Å²) in [6, 6.07) is 0. The molecule has 0 saturated carbocycles. The summed E-state index contributed by atoms with van der Waals surface area (Å²) in [5.41, 5.74) is 0. The molecule has 0 spiro atoms. The summed E-state index contributed by atoms with van der Waals surface area (Å²) in [6.07, 6.45) is 3.98. The third-order valence-corrected chi connectivity index (χ3v) is 1.15. The largest absolute Gasteiger partial charge is 0.377 e. The van der Waals surface area contributed by atoms with Gasteiger partial charge in [0.15, 0.2) is 0 Å². The van der Waals surface area contributed by atoms with Crippen molar-refractivity contribution in [1.82, 2.24) is 0 Å². The van der Waals surface area contributed by atoms with Crippen LogP contribution < -0.4 is 0 Å². The molecule has 0 fully saturated rings. The topological polar surface area (TPSA) is 9.23 Å². The van der Waals surface area contributed by atoms with Gasteiger partial charge in [0, 0.05) is 12.4 Å². The molecule has 0 unspecified atom stereocenters. The molecule has 0 aliphatic heterocycles. The van der Waals surface area contributed by atoms with Crippen LogP contribution in [0, 0.1) is 5.92 Å². The molecular weight excluding hydrogens is 144 g/mol. The van der Waals surface area contributed by atoms with Crippen molar-refractivity contribution in [3.8, 4) is 0 Å². The summed E-state index contributed by atoms with van der Waals surface area (Å²) in [6.45, 7) is 5.85. The number of rotatable bonds is 5. The maximum absolute atomic E-state index is 5.28. The van der Waals surface area contributed by atoms with E-state index < -0.39 is 0 Å². The summed E-state index contributed by atoms with van der Waals surface area (Å²) < 4.78 is 5.28. The fourth-order valence-corrected chi connectivity index (χ4v) is 0.663. The molecule has 0 aromatic rings. The standard InChI is InChI=1S/C8H16OS/c1-8(2)7-9-5-3-4-6-10/h3-4,8,10H,5-7H2,1-2H3/b4-3+. The van der Waals surface area contributed by atoms with Gasteiger partial charge in [0.25, 0.3) is 0 Å². The monoisotopic (exact) mass is 160 g/mol. The van der Waals surface area contributed by atoms with Crippen LogP contribution in [-0.2, 0) is 4.74 Å². The second-order valence-electron chi connectivity index (χ2n) is 2.59. The Bertz CT molecular complexity index is 89.3. The highest BCUT2D eigenvalue weighted by Gasteiger charge is 1.89. The molecular formula is C8H16OS. The maximum Gasteiger partial charge on any atom is 0.0647 e. The zero-order valence-electron chi connectivity index (χ0n) is 6.71. The number of ether oxygens (including phenoxy) is 1. The van der Waals surface area contributed by atoms with Crippen molar-refractivity contribution in [3.05, 3.63) is 12.2 Å². The molecule has 10 heavy (non-hydrogen) atoms. The van der Waals surface area contributed by atoms with Crippen molar-refractivity contribution < 1.29 is 4.74 Å². The van der Waals surface area contributed by atoms with E-state index in [0.29, 0.717) is 5.92 Å². The molecule has 0 radical (unpaired) electrons. The Morgan fingerprint density at radius 2 is 2.10 bits per heavy atom. The predicted molar refractivity (Wildman–Crippen MR) is 48.7 cm³/mol. The summed E-state index contributed by atoms with van der Waals surface area (Å²) in [4.78, 5) is 0. The summed E-state index contributed by atoms with van der Waals surface area (Å²) in [7, 11) is 0. The quantitative estimate of drug-likeness (QED) is 0.368. The van der Waals surface area contributed by atoms with Crippen LogP contribution in [0.4, 0.5) is 0 Å². The van der Waals surface area contributed by atoms with Crippen molar-refractivity contribution in [3.63, 3.8) is 0 Å². The fourth-order valence-electron chi connectivity index (χ4n) is 0.514. The molecule has 0 aromatic heterocycles. The highest BCUT2D eigenvalue weighted by atomic mass is 32.1. The third-order valence-electron chi connectivity index (χ3n) is 0.937. The van der Waals surface area contributed by atoms with E-state index in [9.17, 15) is 0 Å². The second kappa shape index (κ2) is 7.16. The molecule has 0 N–H and O–H groups in total.